The molecule has 3 nitrogen and oxygen atoms in total. The Bertz CT molecular complexity index is 591. The van der Waals surface area contributed by atoms with Crippen LogP contribution in [-0.4, -0.2) is 4.98 Å². The molecule has 0 aliphatic heterocycles. The summed E-state index contributed by atoms with van der Waals surface area (Å²) in [6.45, 7) is 3.56. The first-order chi connectivity index (χ1) is 9.20. The molecule has 20 heavy (non-hydrogen) atoms. The third-order valence-corrected chi connectivity index (χ3v) is 3.86. The Hall–Kier alpha value is -1.76. The lowest BCUT2D eigenvalue weighted by molar-refractivity contribution is -0.136. The number of alkyl halides is 3. The number of anilines is 2. The molecule has 108 valence electrons. The summed E-state index contributed by atoms with van der Waals surface area (Å²) in [5.41, 5.74) is 4.04. The van der Waals surface area contributed by atoms with Gasteiger partial charge < -0.3 is 11.1 Å². The summed E-state index contributed by atoms with van der Waals surface area (Å²) in [6.07, 6.45) is -2.84. The molecule has 0 amide bonds. The molecule has 1 heterocycles. The molecule has 0 saturated heterocycles. The molecular formula is C13H14F3N3S. The number of nitrogens with zero attached hydrogens (tertiary/aromatic N) is 1. The van der Waals surface area contributed by atoms with E-state index in [-0.39, 0.29) is 11.4 Å². The first-order valence-corrected chi connectivity index (χ1v) is 6.73. The third kappa shape index (κ3) is 3.04. The van der Waals surface area contributed by atoms with E-state index in [0.717, 1.165) is 6.07 Å². The van der Waals surface area contributed by atoms with Crippen molar-refractivity contribution in [2.24, 2.45) is 0 Å². The van der Waals surface area contributed by atoms with Gasteiger partial charge in [-0.15, -0.1) is 11.3 Å². The van der Waals surface area contributed by atoms with Crippen molar-refractivity contribution in [3.8, 4) is 0 Å². The van der Waals surface area contributed by atoms with Gasteiger partial charge in [-0.1, -0.05) is 0 Å². The van der Waals surface area contributed by atoms with Gasteiger partial charge >= 0.3 is 6.18 Å². The molecule has 0 fully saturated rings. The molecular weight excluding hydrogens is 287 g/mol. The third-order valence-electron chi connectivity index (χ3n) is 2.76. The van der Waals surface area contributed by atoms with Crippen molar-refractivity contribution in [1.82, 2.24) is 4.98 Å². The lowest BCUT2D eigenvalue weighted by atomic mass is 10.0. The van der Waals surface area contributed by atoms with Gasteiger partial charge in [-0.3, -0.25) is 0 Å². The standard InChI is InChI=1S/C13H14F3N3S/c1-12(2,11-18-5-6-20-11)19-10-4-3-8(17)7-9(10)13(14,15)16/h3-7,19H,17H2,1-2H3. The van der Waals surface area contributed by atoms with Crippen LogP contribution < -0.4 is 11.1 Å². The van der Waals surface area contributed by atoms with E-state index in [2.05, 4.69) is 10.3 Å². The number of nitrogens with one attached hydrogen (secondary N) is 1. The highest BCUT2D eigenvalue weighted by atomic mass is 32.1. The SMILES string of the molecule is CC(C)(Nc1ccc(N)cc1C(F)(F)F)c1nccs1. The van der Waals surface area contributed by atoms with Crippen LogP contribution in [0.3, 0.4) is 0 Å². The highest BCUT2D eigenvalue weighted by molar-refractivity contribution is 7.09. The molecule has 3 N–H and O–H groups in total. The van der Waals surface area contributed by atoms with E-state index in [9.17, 15) is 13.2 Å². The fraction of sp³-hybridized carbons (Fsp3) is 0.308. The molecule has 2 rings (SSSR count). The smallest absolute Gasteiger partial charge is 0.399 e. The monoisotopic (exact) mass is 301 g/mol. The minimum atomic E-state index is -4.46. The van der Waals surface area contributed by atoms with Crippen molar-refractivity contribution in [3.05, 3.63) is 40.3 Å². The molecule has 0 aliphatic carbocycles. The minimum Gasteiger partial charge on any atom is -0.399 e. The van der Waals surface area contributed by atoms with Crippen molar-refractivity contribution in [2.75, 3.05) is 11.1 Å². The Kier molecular flexibility index (Phi) is 3.64. The van der Waals surface area contributed by atoms with E-state index in [1.54, 1.807) is 25.4 Å². The molecule has 0 radical (unpaired) electrons. The fourth-order valence-corrected chi connectivity index (χ4v) is 2.55. The number of hydrogen-bond donors (Lipinski definition) is 2. The van der Waals surface area contributed by atoms with Gasteiger partial charge in [-0.2, -0.15) is 13.2 Å². The van der Waals surface area contributed by atoms with Gasteiger partial charge in [-0.05, 0) is 32.0 Å². The molecule has 7 heteroatoms. The van der Waals surface area contributed by atoms with Gasteiger partial charge in [-0.25, -0.2) is 4.98 Å². The number of rotatable bonds is 3. The summed E-state index contributed by atoms with van der Waals surface area (Å²) in [5, 5.41) is 5.39. The highest BCUT2D eigenvalue weighted by Crippen LogP contribution is 2.38. The zero-order chi connectivity index (χ0) is 15.0. The topological polar surface area (TPSA) is 50.9 Å². The number of aromatic nitrogens is 1. The molecule has 0 unspecified atom stereocenters. The van der Waals surface area contributed by atoms with Crippen LogP contribution in [0.2, 0.25) is 0 Å². The van der Waals surface area contributed by atoms with Crippen molar-refractivity contribution < 1.29 is 13.2 Å². The molecule has 0 saturated carbocycles. The molecule has 0 bridgehead atoms. The lowest BCUT2D eigenvalue weighted by Gasteiger charge is -2.27. The Morgan fingerprint density at radius 3 is 2.50 bits per heavy atom. The average molecular weight is 301 g/mol. The summed E-state index contributed by atoms with van der Waals surface area (Å²) >= 11 is 1.39. The Morgan fingerprint density at radius 1 is 1.25 bits per heavy atom. The Morgan fingerprint density at radius 2 is 1.95 bits per heavy atom. The molecule has 0 spiro atoms. The van der Waals surface area contributed by atoms with E-state index in [1.807, 2.05) is 0 Å². The number of halogens is 3. The van der Waals surface area contributed by atoms with Gasteiger partial charge in [0.1, 0.15) is 5.01 Å². The summed E-state index contributed by atoms with van der Waals surface area (Å²) in [6, 6.07) is 3.71. The number of benzene rings is 1. The predicted molar refractivity (Wildman–Crippen MR) is 74.6 cm³/mol. The van der Waals surface area contributed by atoms with Crippen LogP contribution in [0.5, 0.6) is 0 Å². The van der Waals surface area contributed by atoms with Crippen LogP contribution >= 0.6 is 11.3 Å². The largest absolute Gasteiger partial charge is 0.418 e. The van der Waals surface area contributed by atoms with Crippen molar-refractivity contribution in [2.45, 2.75) is 25.6 Å². The lowest BCUT2D eigenvalue weighted by Crippen LogP contribution is -2.29. The minimum absolute atomic E-state index is 0.00750. The Labute approximate surface area is 118 Å². The van der Waals surface area contributed by atoms with Crippen LogP contribution in [0.1, 0.15) is 24.4 Å². The van der Waals surface area contributed by atoms with E-state index in [0.29, 0.717) is 5.01 Å². The summed E-state index contributed by atoms with van der Waals surface area (Å²) in [5.74, 6) is 0. The molecule has 0 atom stereocenters. The zero-order valence-corrected chi connectivity index (χ0v) is 11.8. The molecule has 1 aromatic carbocycles. The second kappa shape index (κ2) is 4.97. The molecule has 2 aromatic rings. The molecule has 0 aliphatic rings. The zero-order valence-electron chi connectivity index (χ0n) is 11.0. The number of thiazole rings is 1. The Balaban J connectivity index is 2.39. The van der Waals surface area contributed by atoms with Gasteiger partial charge in [0.15, 0.2) is 0 Å². The van der Waals surface area contributed by atoms with Gasteiger partial charge in [0.2, 0.25) is 0 Å². The van der Waals surface area contributed by atoms with Gasteiger partial charge in [0, 0.05) is 23.0 Å². The van der Waals surface area contributed by atoms with Gasteiger partial charge in [0.05, 0.1) is 11.1 Å². The van der Waals surface area contributed by atoms with E-state index in [4.69, 9.17) is 5.73 Å². The summed E-state index contributed by atoms with van der Waals surface area (Å²) < 4.78 is 39.1. The van der Waals surface area contributed by atoms with Crippen molar-refractivity contribution in [1.29, 1.82) is 0 Å². The van der Waals surface area contributed by atoms with Crippen LogP contribution in [0.15, 0.2) is 29.8 Å². The van der Waals surface area contributed by atoms with Gasteiger partial charge in [0.25, 0.3) is 0 Å². The summed E-state index contributed by atoms with van der Waals surface area (Å²) in [7, 11) is 0. The first kappa shape index (κ1) is 14.6. The quantitative estimate of drug-likeness (QED) is 0.839. The van der Waals surface area contributed by atoms with Crippen molar-refractivity contribution in [3.63, 3.8) is 0 Å². The van der Waals surface area contributed by atoms with E-state index in [1.165, 1.54) is 23.5 Å². The average Bonchev–Trinajstić information content (AvgIpc) is 2.84. The van der Waals surface area contributed by atoms with Crippen molar-refractivity contribution >= 4 is 22.7 Å². The second-order valence-electron chi connectivity index (χ2n) is 4.89. The maximum absolute atomic E-state index is 13.0. The maximum atomic E-state index is 13.0. The first-order valence-electron chi connectivity index (χ1n) is 5.85. The van der Waals surface area contributed by atoms with Crippen LogP contribution in [0.4, 0.5) is 24.5 Å². The number of nitrogens with two attached hydrogens (primary N) is 1. The fourth-order valence-electron chi connectivity index (χ4n) is 1.83. The second-order valence-corrected chi connectivity index (χ2v) is 5.78. The maximum Gasteiger partial charge on any atom is 0.418 e. The van der Waals surface area contributed by atoms with Crippen LogP contribution in [0.25, 0.3) is 0 Å². The van der Waals surface area contributed by atoms with Crippen LogP contribution in [-0.2, 0) is 11.7 Å². The highest BCUT2D eigenvalue weighted by Gasteiger charge is 2.35. The normalized spacial score (nSPS) is 12.4. The van der Waals surface area contributed by atoms with Crippen LogP contribution in [0, 0.1) is 0 Å². The molecule has 1 aromatic heterocycles. The number of nitrogen functional groups attached to an aromatic ring is 1. The summed E-state index contributed by atoms with van der Waals surface area (Å²) in [4.78, 5) is 4.14. The number of hydrogen-bond acceptors (Lipinski definition) is 4. The predicted octanol–water partition coefficient (Wildman–Crippen LogP) is 4.09. The van der Waals surface area contributed by atoms with E-state index < -0.39 is 17.3 Å². The van der Waals surface area contributed by atoms with E-state index >= 15 is 0 Å².